The van der Waals surface area contributed by atoms with Gasteiger partial charge in [-0.1, -0.05) is 12.1 Å². The number of benzene rings is 1. The molecule has 0 unspecified atom stereocenters. The molecule has 1 amide bonds. The van der Waals surface area contributed by atoms with Crippen molar-refractivity contribution in [1.82, 2.24) is 14.8 Å². The normalized spacial score (nSPS) is 16.2. The Bertz CT molecular complexity index is 904. The van der Waals surface area contributed by atoms with Crippen LogP contribution in [0.5, 0.6) is 0 Å². The Hall–Kier alpha value is -3.27. The SMILES string of the molecule is CC1=C(C(N)=O)[C@@H](c2ccccc2[N+](=O)[O-])n2nc(CCCO)nc2N1. The Balaban J connectivity index is 2.19. The zero-order chi connectivity index (χ0) is 18.8. The maximum absolute atomic E-state index is 12.1. The molecule has 0 bridgehead atoms. The van der Waals surface area contributed by atoms with E-state index in [0.717, 1.165) is 0 Å². The zero-order valence-electron chi connectivity index (χ0n) is 14.0. The highest BCUT2D eigenvalue weighted by Crippen LogP contribution is 2.38. The molecule has 0 aliphatic carbocycles. The molecule has 1 aliphatic heterocycles. The second-order valence-corrected chi connectivity index (χ2v) is 5.87. The first-order valence-electron chi connectivity index (χ1n) is 8.01. The van der Waals surface area contributed by atoms with Gasteiger partial charge in [0.1, 0.15) is 6.04 Å². The summed E-state index contributed by atoms with van der Waals surface area (Å²) in [7, 11) is 0. The lowest BCUT2D eigenvalue weighted by molar-refractivity contribution is -0.385. The van der Waals surface area contributed by atoms with Gasteiger partial charge >= 0.3 is 0 Å². The minimum atomic E-state index is -0.860. The van der Waals surface area contributed by atoms with Crippen molar-refractivity contribution in [2.45, 2.75) is 25.8 Å². The number of aliphatic hydroxyl groups is 1. The number of anilines is 1. The number of amides is 1. The molecule has 0 radical (unpaired) electrons. The topological polar surface area (TPSA) is 149 Å². The van der Waals surface area contributed by atoms with Crippen molar-refractivity contribution in [2.24, 2.45) is 5.73 Å². The Labute approximate surface area is 148 Å². The van der Waals surface area contributed by atoms with E-state index < -0.39 is 16.9 Å². The molecule has 0 spiro atoms. The first-order valence-corrected chi connectivity index (χ1v) is 8.01. The summed E-state index contributed by atoms with van der Waals surface area (Å²) in [5.74, 6) is 0.128. The lowest BCUT2D eigenvalue weighted by Crippen LogP contribution is -2.32. The van der Waals surface area contributed by atoms with Crippen LogP contribution < -0.4 is 11.1 Å². The second kappa shape index (κ2) is 6.92. The monoisotopic (exact) mass is 358 g/mol. The third-order valence-electron chi connectivity index (χ3n) is 4.15. The van der Waals surface area contributed by atoms with E-state index in [1.54, 1.807) is 25.1 Å². The Morgan fingerprint density at radius 1 is 1.46 bits per heavy atom. The number of hydrogen-bond acceptors (Lipinski definition) is 7. The van der Waals surface area contributed by atoms with Crippen LogP contribution in [0.4, 0.5) is 11.6 Å². The molecule has 1 atom stereocenters. The number of nitro benzene ring substituents is 1. The predicted molar refractivity (Wildman–Crippen MR) is 92.2 cm³/mol. The van der Waals surface area contributed by atoms with E-state index in [-0.39, 0.29) is 17.9 Å². The first kappa shape index (κ1) is 17.5. The number of hydrogen-bond donors (Lipinski definition) is 3. The number of nitrogens with one attached hydrogen (secondary N) is 1. The molecule has 136 valence electrons. The number of allylic oxidation sites excluding steroid dienone is 1. The van der Waals surface area contributed by atoms with E-state index >= 15 is 0 Å². The molecular formula is C16H18N6O4. The van der Waals surface area contributed by atoms with Crippen molar-refractivity contribution in [3.8, 4) is 0 Å². The molecule has 2 aromatic rings. The Morgan fingerprint density at radius 3 is 2.85 bits per heavy atom. The summed E-state index contributed by atoms with van der Waals surface area (Å²) in [6.07, 6.45) is 0.918. The third-order valence-corrected chi connectivity index (χ3v) is 4.15. The number of aryl methyl sites for hydroxylation is 1. The van der Waals surface area contributed by atoms with Crippen LogP contribution in [0.1, 0.15) is 30.8 Å². The van der Waals surface area contributed by atoms with E-state index in [1.165, 1.54) is 10.7 Å². The number of nitro groups is 1. The summed E-state index contributed by atoms with van der Waals surface area (Å²) in [6, 6.07) is 5.29. The van der Waals surface area contributed by atoms with E-state index in [2.05, 4.69) is 15.4 Å². The average molecular weight is 358 g/mol. The lowest BCUT2D eigenvalue weighted by Gasteiger charge is -2.27. The van der Waals surface area contributed by atoms with Crippen LogP contribution in [0.15, 0.2) is 35.5 Å². The predicted octanol–water partition coefficient (Wildman–Crippen LogP) is 0.885. The summed E-state index contributed by atoms with van der Waals surface area (Å²) in [5, 5.41) is 27.8. The Kier molecular flexibility index (Phi) is 4.67. The van der Waals surface area contributed by atoms with Crippen LogP contribution >= 0.6 is 0 Å². The van der Waals surface area contributed by atoms with Crippen LogP contribution in [0, 0.1) is 10.1 Å². The van der Waals surface area contributed by atoms with Crippen LogP contribution in [-0.4, -0.2) is 37.3 Å². The molecule has 10 heteroatoms. The number of aliphatic hydroxyl groups excluding tert-OH is 1. The largest absolute Gasteiger partial charge is 0.396 e. The third kappa shape index (κ3) is 3.02. The van der Waals surface area contributed by atoms with Gasteiger partial charge in [0.15, 0.2) is 5.82 Å². The van der Waals surface area contributed by atoms with Gasteiger partial charge in [0.05, 0.1) is 16.1 Å². The lowest BCUT2D eigenvalue weighted by atomic mass is 9.94. The number of nitrogens with zero attached hydrogens (tertiary/aromatic N) is 4. The summed E-state index contributed by atoms with van der Waals surface area (Å²) in [6.45, 7) is 1.65. The summed E-state index contributed by atoms with van der Waals surface area (Å²) < 4.78 is 1.43. The van der Waals surface area contributed by atoms with Gasteiger partial charge in [-0.15, -0.1) is 0 Å². The van der Waals surface area contributed by atoms with Crippen molar-refractivity contribution >= 4 is 17.5 Å². The van der Waals surface area contributed by atoms with E-state index in [0.29, 0.717) is 35.9 Å². The highest BCUT2D eigenvalue weighted by Gasteiger charge is 2.36. The maximum Gasteiger partial charge on any atom is 0.275 e. The molecule has 1 aromatic heterocycles. The van der Waals surface area contributed by atoms with Crippen molar-refractivity contribution in [2.75, 3.05) is 11.9 Å². The Morgan fingerprint density at radius 2 is 2.19 bits per heavy atom. The maximum atomic E-state index is 12.1. The van der Waals surface area contributed by atoms with Crippen LogP contribution in [0.25, 0.3) is 0 Å². The number of primary amides is 1. The fourth-order valence-electron chi connectivity index (χ4n) is 3.03. The summed E-state index contributed by atoms with van der Waals surface area (Å²) >= 11 is 0. The van der Waals surface area contributed by atoms with Gasteiger partial charge in [-0.25, -0.2) is 4.68 Å². The highest BCUT2D eigenvalue weighted by molar-refractivity contribution is 5.95. The fraction of sp³-hybridized carbons (Fsp3) is 0.312. The molecule has 4 N–H and O–H groups in total. The number of fused-ring (bicyclic) bond motifs is 1. The van der Waals surface area contributed by atoms with E-state index in [9.17, 15) is 14.9 Å². The molecule has 2 heterocycles. The van der Waals surface area contributed by atoms with Crippen molar-refractivity contribution in [3.63, 3.8) is 0 Å². The van der Waals surface area contributed by atoms with Gasteiger partial charge < -0.3 is 16.2 Å². The molecule has 0 saturated heterocycles. The summed E-state index contributed by atoms with van der Waals surface area (Å²) in [5.41, 5.74) is 6.37. The van der Waals surface area contributed by atoms with Gasteiger partial charge in [0.2, 0.25) is 11.9 Å². The van der Waals surface area contributed by atoms with Gasteiger partial charge in [0.25, 0.3) is 5.69 Å². The van der Waals surface area contributed by atoms with Gasteiger partial charge in [-0.3, -0.25) is 14.9 Å². The van der Waals surface area contributed by atoms with Crippen LogP contribution in [0.3, 0.4) is 0 Å². The van der Waals surface area contributed by atoms with Crippen molar-refractivity contribution in [1.29, 1.82) is 0 Å². The number of rotatable bonds is 6. The standard InChI is InChI=1S/C16H18N6O4/c1-9-13(15(17)24)14(10-5-2-3-6-11(10)22(25)26)21-16(18-9)19-12(20-21)7-4-8-23/h2-3,5-6,14,23H,4,7-8H2,1H3,(H2,17,24)(H,18,19,20)/t14-/m1/s1. The first-order chi connectivity index (χ1) is 12.4. The van der Waals surface area contributed by atoms with E-state index in [4.69, 9.17) is 10.8 Å². The molecule has 3 rings (SSSR count). The van der Waals surface area contributed by atoms with Gasteiger partial charge in [0, 0.05) is 24.8 Å². The molecule has 26 heavy (non-hydrogen) atoms. The van der Waals surface area contributed by atoms with Crippen LogP contribution in [-0.2, 0) is 11.2 Å². The fourth-order valence-corrected chi connectivity index (χ4v) is 3.03. The quantitative estimate of drug-likeness (QED) is 0.512. The zero-order valence-corrected chi connectivity index (χ0v) is 14.0. The number of carbonyl (C=O) groups is 1. The minimum Gasteiger partial charge on any atom is -0.396 e. The van der Waals surface area contributed by atoms with Crippen LogP contribution in [0.2, 0.25) is 0 Å². The molecule has 10 nitrogen and oxygen atoms in total. The molecule has 1 aliphatic rings. The number of para-hydroxylation sites is 1. The van der Waals surface area contributed by atoms with Crippen molar-refractivity contribution in [3.05, 3.63) is 57.0 Å². The smallest absolute Gasteiger partial charge is 0.275 e. The number of aromatic nitrogens is 3. The number of nitrogens with two attached hydrogens (primary N) is 1. The van der Waals surface area contributed by atoms with Crippen molar-refractivity contribution < 1.29 is 14.8 Å². The number of carbonyl (C=O) groups excluding carboxylic acids is 1. The molecule has 0 saturated carbocycles. The second-order valence-electron chi connectivity index (χ2n) is 5.87. The molecule has 0 fully saturated rings. The summed E-state index contributed by atoms with van der Waals surface area (Å²) in [4.78, 5) is 27.4. The van der Waals surface area contributed by atoms with E-state index in [1.807, 2.05) is 0 Å². The highest BCUT2D eigenvalue weighted by atomic mass is 16.6. The molecular weight excluding hydrogens is 340 g/mol. The minimum absolute atomic E-state index is 0.00526. The van der Waals surface area contributed by atoms with Gasteiger partial charge in [-0.05, 0) is 19.4 Å². The average Bonchev–Trinajstić information content (AvgIpc) is 3.00. The molecule has 1 aromatic carbocycles. The van der Waals surface area contributed by atoms with Gasteiger partial charge in [-0.2, -0.15) is 10.1 Å².